The lowest BCUT2D eigenvalue weighted by molar-refractivity contribution is -0.153. The summed E-state index contributed by atoms with van der Waals surface area (Å²) in [5.74, 6) is 0.0783. The Morgan fingerprint density at radius 1 is 1.17 bits per heavy atom. The summed E-state index contributed by atoms with van der Waals surface area (Å²) in [4.78, 5) is 11.8. The number of hydrogen-bond donors (Lipinski definition) is 3. The third-order valence-corrected chi connectivity index (χ3v) is 3.55. The zero-order valence-corrected chi connectivity index (χ0v) is 12.4. The van der Waals surface area contributed by atoms with Crippen LogP contribution in [0.25, 0.3) is 0 Å². The summed E-state index contributed by atoms with van der Waals surface area (Å²) in [6, 6.07) is 5.30. The summed E-state index contributed by atoms with van der Waals surface area (Å²) in [6.07, 6.45) is -1.91. The fraction of sp³-hybridized carbons (Fsp3) is 0.533. The molecule has 0 aromatic heterocycles. The van der Waals surface area contributed by atoms with Gasteiger partial charge in [0.15, 0.2) is 6.61 Å². The summed E-state index contributed by atoms with van der Waals surface area (Å²) in [7, 11) is 0. The normalized spacial score (nSPS) is 21.6. The molecule has 128 valence electrons. The van der Waals surface area contributed by atoms with E-state index in [2.05, 4.69) is 15.4 Å². The number of alkyl halides is 3. The van der Waals surface area contributed by atoms with Crippen LogP contribution in [0.15, 0.2) is 24.3 Å². The maximum Gasteiger partial charge on any atom is 0.422 e. The number of urea groups is 1. The molecule has 3 N–H and O–H groups in total. The fourth-order valence-electron chi connectivity index (χ4n) is 2.37. The Labute approximate surface area is 131 Å². The monoisotopic (exact) mass is 332 g/mol. The summed E-state index contributed by atoms with van der Waals surface area (Å²) < 4.78 is 40.7. The smallest absolute Gasteiger partial charge is 0.422 e. The van der Waals surface area contributed by atoms with Crippen molar-refractivity contribution in [3.8, 4) is 5.75 Å². The molecule has 0 unspecified atom stereocenters. The molecule has 5 nitrogen and oxygen atoms in total. The highest BCUT2D eigenvalue weighted by Gasteiger charge is 2.28. The van der Waals surface area contributed by atoms with Gasteiger partial charge in [0, 0.05) is 11.7 Å². The molecule has 1 saturated carbocycles. The zero-order chi connectivity index (χ0) is 16.9. The second kappa shape index (κ2) is 7.54. The highest BCUT2D eigenvalue weighted by Crippen LogP contribution is 2.21. The Hall–Kier alpha value is -1.96. The van der Waals surface area contributed by atoms with E-state index in [4.69, 9.17) is 0 Å². The molecule has 0 spiro atoms. The molecule has 1 fully saturated rings. The molecule has 0 bridgehead atoms. The summed E-state index contributed by atoms with van der Waals surface area (Å²) in [5, 5.41) is 14.8. The second-order valence-corrected chi connectivity index (χ2v) is 5.53. The number of nitrogens with one attached hydrogen (secondary N) is 2. The number of carbonyl (C=O) groups excluding carboxylic acids is 1. The average Bonchev–Trinajstić information content (AvgIpc) is 2.48. The van der Waals surface area contributed by atoms with Crippen LogP contribution in [0.1, 0.15) is 25.7 Å². The molecular formula is C15H19F3N2O3. The van der Waals surface area contributed by atoms with Crippen LogP contribution in [0.2, 0.25) is 0 Å². The van der Waals surface area contributed by atoms with Crippen molar-refractivity contribution in [3.63, 3.8) is 0 Å². The van der Waals surface area contributed by atoms with Gasteiger partial charge in [-0.1, -0.05) is 0 Å². The van der Waals surface area contributed by atoms with E-state index >= 15 is 0 Å². The van der Waals surface area contributed by atoms with Crippen molar-refractivity contribution in [1.82, 2.24) is 5.32 Å². The van der Waals surface area contributed by atoms with Gasteiger partial charge in [-0.15, -0.1) is 0 Å². The Kier molecular flexibility index (Phi) is 5.70. The molecule has 1 aromatic carbocycles. The first kappa shape index (κ1) is 17.4. The topological polar surface area (TPSA) is 70.6 Å². The van der Waals surface area contributed by atoms with Crippen molar-refractivity contribution >= 4 is 11.7 Å². The zero-order valence-electron chi connectivity index (χ0n) is 12.4. The first-order valence-corrected chi connectivity index (χ1v) is 7.37. The van der Waals surface area contributed by atoms with E-state index in [1.54, 1.807) is 0 Å². The van der Waals surface area contributed by atoms with Gasteiger partial charge in [0.1, 0.15) is 5.75 Å². The minimum Gasteiger partial charge on any atom is -0.484 e. The number of benzene rings is 1. The number of aliphatic hydroxyl groups excluding tert-OH is 1. The fourth-order valence-corrected chi connectivity index (χ4v) is 2.37. The lowest BCUT2D eigenvalue weighted by Gasteiger charge is -2.26. The number of ether oxygens (including phenoxy) is 1. The van der Waals surface area contributed by atoms with Crippen LogP contribution in [-0.2, 0) is 0 Å². The average molecular weight is 332 g/mol. The van der Waals surface area contributed by atoms with Gasteiger partial charge in [0.2, 0.25) is 0 Å². The van der Waals surface area contributed by atoms with Gasteiger partial charge in [-0.25, -0.2) is 4.79 Å². The van der Waals surface area contributed by atoms with Crippen molar-refractivity contribution in [1.29, 1.82) is 0 Å². The lowest BCUT2D eigenvalue weighted by atomic mass is 9.93. The van der Waals surface area contributed by atoms with E-state index in [9.17, 15) is 23.1 Å². The molecule has 23 heavy (non-hydrogen) atoms. The van der Waals surface area contributed by atoms with Gasteiger partial charge in [-0.3, -0.25) is 0 Å². The molecule has 8 heteroatoms. The van der Waals surface area contributed by atoms with Gasteiger partial charge < -0.3 is 20.5 Å². The maximum absolute atomic E-state index is 12.0. The first-order chi connectivity index (χ1) is 10.8. The summed E-state index contributed by atoms with van der Waals surface area (Å²) in [5.41, 5.74) is 0.456. The molecule has 2 amide bonds. The molecule has 1 aromatic rings. The minimum atomic E-state index is -4.38. The van der Waals surface area contributed by atoms with Gasteiger partial charge in [-0.2, -0.15) is 13.2 Å². The number of rotatable bonds is 4. The lowest BCUT2D eigenvalue weighted by Crippen LogP contribution is -2.40. The third-order valence-electron chi connectivity index (χ3n) is 3.55. The van der Waals surface area contributed by atoms with Crippen LogP contribution < -0.4 is 15.4 Å². The van der Waals surface area contributed by atoms with Crippen molar-refractivity contribution in [2.24, 2.45) is 0 Å². The van der Waals surface area contributed by atoms with Crippen LogP contribution in [0.5, 0.6) is 5.75 Å². The Morgan fingerprint density at radius 2 is 1.78 bits per heavy atom. The van der Waals surface area contributed by atoms with Gasteiger partial charge in [0.25, 0.3) is 0 Å². The van der Waals surface area contributed by atoms with E-state index < -0.39 is 12.8 Å². The highest BCUT2D eigenvalue weighted by atomic mass is 19.4. The van der Waals surface area contributed by atoms with Gasteiger partial charge in [-0.05, 0) is 49.9 Å². The number of carbonyl (C=O) groups is 1. The van der Waals surface area contributed by atoms with Crippen LogP contribution in [0.3, 0.4) is 0 Å². The highest BCUT2D eigenvalue weighted by molar-refractivity contribution is 5.89. The van der Waals surface area contributed by atoms with Crippen molar-refractivity contribution in [2.45, 2.75) is 44.0 Å². The van der Waals surface area contributed by atoms with Crippen molar-refractivity contribution in [3.05, 3.63) is 24.3 Å². The van der Waals surface area contributed by atoms with Crippen molar-refractivity contribution in [2.75, 3.05) is 11.9 Å². The molecule has 0 aliphatic heterocycles. The van der Waals surface area contributed by atoms with Crippen LogP contribution in [0.4, 0.5) is 23.7 Å². The molecule has 0 radical (unpaired) electrons. The van der Waals surface area contributed by atoms with Crippen LogP contribution in [-0.4, -0.2) is 36.1 Å². The standard InChI is InChI=1S/C15H19F3N2O3/c16-15(17,18)9-23-13-7-3-11(4-8-13)20-14(22)19-10-1-5-12(21)6-2-10/h3-4,7-8,10,12,21H,1-2,5-6,9H2,(H2,19,20,22). The minimum absolute atomic E-state index is 0.0211. The molecule has 1 aliphatic carbocycles. The van der Waals surface area contributed by atoms with Gasteiger partial charge >= 0.3 is 12.2 Å². The molecule has 0 heterocycles. The number of hydrogen-bond acceptors (Lipinski definition) is 3. The summed E-state index contributed by atoms with van der Waals surface area (Å²) in [6.45, 7) is -1.35. The van der Waals surface area contributed by atoms with E-state index in [0.717, 1.165) is 12.8 Å². The number of aliphatic hydroxyl groups is 1. The van der Waals surface area contributed by atoms with E-state index in [1.807, 2.05) is 0 Å². The SMILES string of the molecule is O=C(Nc1ccc(OCC(F)(F)F)cc1)NC1CCC(O)CC1. The Bertz CT molecular complexity index is 512. The molecule has 0 saturated heterocycles. The first-order valence-electron chi connectivity index (χ1n) is 7.37. The van der Waals surface area contributed by atoms with Crippen LogP contribution in [0, 0.1) is 0 Å². The van der Waals surface area contributed by atoms with E-state index in [-0.39, 0.29) is 23.9 Å². The van der Waals surface area contributed by atoms with Gasteiger partial charge in [0.05, 0.1) is 6.10 Å². The molecule has 0 atom stereocenters. The van der Waals surface area contributed by atoms with E-state index in [0.29, 0.717) is 18.5 Å². The molecule has 2 rings (SSSR count). The number of halogens is 3. The number of amides is 2. The number of anilines is 1. The summed E-state index contributed by atoms with van der Waals surface area (Å²) >= 11 is 0. The predicted octanol–water partition coefficient (Wildman–Crippen LogP) is 3.05. The predicted molar refractivity (Wildman–Crippen MR) is 78.4 cm³/mol. The van der Waals surface area contributed by atoms with E-state index in [1.165, 1.54) is 24.3 Å². The Morgan fingerprint density at radius 3 is 2.35 bits per heavy atom. The maximum atomic E-state index is 12.0. The van der Waals surface area contributed by atoms with Crippen LogP contribution >= 0.6 is 0 Å². The van der Waals surface area contributed by atoms with Crippen molar-refractivity contribution < 1.29 is 27.8 Å². The Balaban J connectivity index is 1.77. The third kappa shape index (κ3) is 6.35. The largest absolute Gasteiger partial charge is 0.484 e. The molecular weight excluding hydrogens is 313 g/mol. The second-order valence-electron chi connectivity index (χ2n) is 5.53. The quantitative estimate of drug-likeness (QED) is 0.794. The molecule has 1 aliphatic rings.